The Hall–Kier alpha value is -3.07. The number of carbonyl (C=O) groups excluding carboxylic acids is 2. The highest BCUT2D eigenvalue weighted by Gasteiger charge is 2.34. The lowest BCUT2D eigenvalue weighted by molar-refractivity contribution is -0.133. The fraction of sp³-hybridized carbons (Fsp3) is 0.417. The second kappa shape index (κ2) is 9.82. The van der Waals surface area contributed by atoms with E-state index in [9.17, 15) is 22.8 Å². The molecule has 0 radical (unpaired) electrons. The van der Waals surface area contributed by atoms with Crippen LogP contribution in [0.2, 0.25) is 0 Å². The highest BCUT2D eigenvalue weighted by molar-refractivity contribution is 6.01. The monoisotopic (exact) mass is 460 g/mol. The third kappa shape index (κ3) is 6.25. The van der Waals surface area contributed by atoms with Gasteiger partial charge in [0.05, 0.1) is 0 Å². The molecule has 4 rings (SSSR count). The highest BCUT2D eigenvalue weighted by atomic mass is 19.3. The first-order valence-corrected chi connectivity index (χ1v) is 11.1. The normalized spacial score (nSPS) is 20.9. The molecule has 33 heavy (non-hydrogen) atoms. The number of carbonyl (C=O) groups is 2. The van der Waals surface area contributed by atoms with Crippen molar-refractivity contribution in [1.82, 2.24) is 10.2 Å². The third-order valence-electron chi connectivity index (χ3n) is 6.06. The number of rotatable bonds is 7. The van der Waals surface area contributed by atoms with Gasteiger partial charge in [0.2, 0.25) is 11.8 Å². The topological polar surface area (TPSA) is 73.5 Å². The quantitative estimate of drug-likeness (QED) is 0.547. The number of amides is 2. The summed E-state index contributed by atoms with van der Waals surface area (Å²) < 4.78 is 41.1. The van der Waals surface area contributed by atoms with Gasteiger partial charge < -0.3 is 10.6 Å². The summed E-state index contributed by atoms with van der Waals surface area (Å²) in [5, 5.41) is 8.67. The molecule has 2 fully saturated rings. The average Bonchev–Trinajstić information content (AvgIpc) is 2.78. The van der Waals surface area contributed by atoms with Crippen LogP contribution in [0.1, 0.15) is 36.8 Å². The first-order valence-electron chi connectivity index (χ1n) is 11.1. The van der Waals surface area contributed by atoms with Gasteiger partial charge in [-0.1, -0.05) is 12.1 Å². The molecule has 0 aromatic heterocycles. The van der Waals surface area contributed by atoms with Crippen LogP contribution in [0, 0.1) is 5.82 Å². The second-order valence-corrected chi connectivity index (χ2v) is 8.64. The minimum atomic E-state index is -2.61. The number of hydrogen-bond donors (Lipinski definition) is 3. The van der Waals surface area contributed by atoms with Crippen LogP contribution in [0.4, 0.5) is 24.5 Å². The van der Waals surface area contributed by atoms with Gasteiger partial charge in [-0.3, -0.25) is 19.8 Å². The van der Waals surface area contributed by atoms with Crippen LogP contribution in [0.25, 0.3) is 0 Å². The van der Waals surface area contributed by atoms with E-state index in [0.717, 1.165) is 16.9 Å². The molecule has 0 spiro atoms. The molecule has 2 amide bonds. The van der Waals surface area contributed by atoms with Gasteiger partial charge in [0.1, 0.15) is 11.9 Å². The van der Waals surface area contributed by atoms with E-state index in [1.54, 1.807) is 6.07 Å². The Morgan fingerprint density at radius 2 is 1.73 bits per heavy atom. The molecule has 0 saturated carbocycles. The van der Waals surface area contributed by atoms with Gasteiger partial charge in [-0.15, -0.1) is 0 Å². The molecule has 1 unspecified atom stereocenters. The van der Waals surface area contributed by atoms with E-state index in [-0.39, 0.29) is 43.6 Å². The van der Waals surface area contributed by atoms with Crippen LogP contribution in [0.5, 0.6) is 0 Å². The largest absolute Gasteiger partial charge is 0.381 e. The van der Waals surface area contributed by atoms with Crippen LogP contribution >= 0.6 is 0 Å². The number of piperidine rings is 2. The molecule has 3 N–H and O–H groups in total. The zero-order valence-corrected chi connectivity index (χ0v) is 18.2. The molecule has 2 aromatic carbocycles. The number of nitrogens with zero attached hydrogens (tertiary/aromatic N) is 1. The molecular weight excluding hydrogens is 433 g/mol. The Morgan fingerprint density at radius 1 is 1.03 bits per heavy atom. The zero-order valence-electron chi connectivity index (χ0n) is 18.2. The van der Waals surface area contributed by atoms with Crippen molar-refractivity contribution < 1.29 is 22.8 Å². The Bertz CT molecular complexity index is 1000. The third-order valence-corrected chi connectivity index (χ3v) is 6.06. The molecular formula is C24H27F3N4O2. The summed E-state index contributed by atoms with van der Waals surface area (Å²) in [5.41, 5.74) is 2.88. The predicted molar refractivity (Wildman–Crippen MR) is 119 cm³/mol. The number of halogens is 3. The molecule has 2 aliphatic rings. The lowest BCUT2D eigenvalue weighted by atomic mass is 10.0. The molecule has 2 aliphatic heterocycles. The predicted octanol–water partition coefficient (Wildman–Crippen LogP) is 3.89. The van der Waals surface area contributed by atoms with E-state index in [2.05, 4.69) is 16.0 Å². The van der Waals surface area contributed by atoms with E-state index < -0.39 is 12.0 Å². The summed E-state index contributed by atoms with van der Waals surface area (Å²) in [7, 11) is 0. The van der Waals surface area contributed by atoms with E-state index in [0.29, 0.717) is 31.5 Å². The van der Waals surface area contributed by atoms with Crippen LogP contribution < -0.4 is 16.0 Å². The number of benzene rings is 2. The van der Waals surface area contributed by atoms with Crippen molar-refractivity contribution in [3.8, 4) is 0 Å². The fourth-order valence-corrected chi connectivity index (χ4v) is 4.03. The van der Waals surface area contributed by atoms with Gasteiger partial charge in [0.25, 0.3) is 5.92 Å². The van der Waals surface area contributed by atoms with Crippen LogP contribution in [-0.2, 0) is 22.7 Å². The van der Waals surface area contributed by atoms with Crippen molar-refractivity contribution in [3.05, 3.63) is 59.4 Å². The van der Waals surface area contributed by atoms with Crippen molar-refractivity contribution >= 4 is 23.2 Å². The average molecular weight is 461 g/mol. The second-order valence-electron chi connectivity index (χ2n) is 8.64. The number of nitrogens with one attached hydrogen (secondary N) is 3. The van der Waals surface area contributed by atoms with E-state index >= 15 is 0 Å². The lowest BCUT2D eigenvalue weighted by Crippen LogP contribution is -2.47. The summed E-state index contributed by atoms with van der Waals surface area (Å²) in [6.07, 6.45) is 0.403. The van der Waals surface area contributed by atoms with E-state index in [1.165, 1.54) is 6.07 Å². The smallest absolute Gasteiger partial charge is 0.250 e. The van der Waals surface area contributed by atoms with E-state index in [1.807, 2.05) is 35.2 Å². The summed E-state index contributed by atoms with van der Waals surface area (Å²) in [6.45, 7) is 1.29. The number of anilines is 2. The van der Waals surface area contributed by atoms with Gasteiger partial charge in [-0.2, -0.15) is 0 Å². The van der Waals surface area contributed by atoms with Crippen LogP contribution in [-0.4, -0.2) is 41.8 Å². The molecule has 2 aromatic rings. The summed E-state index contributed by atoms with van der Waals surface area (Å²) in [5.74, 6) is -3.52. The Morgan fingerprint density at radius 3 is 2.39 bits per heavy atom. The van der Waals surface area contributed by atoms with Crippen molar-refractivity contribution in [2.24, 2.45) is 0 Å². The SMILES string of the molecule is O=C1CCC(Nc2ccc(NCc3ccc(CN4CCC(F)(F)CC4)c(F)c3)cc2)C(=O)N1. The van der Waals surface area contributed by atoms with Gasteiger partial charge in [0, 0.05) is 62.4 Å². The van der Waals surface area contributed by atoms with Crippen LogP contribution in [0.3, 0.4) is 0 Å². The number of imide groups is 1. The summed E-state index contributed by atoms with van der Waals surface area (Å²) in [4.78, 5) is 25.0. The van der Waals surface area contributed by atoms with Gasteiger partial charge in [-0.25, -0.2) is 13.2 Å². The molecule has 1 atom stereocenters. The zero-order chi connectivity index (χ0) is 23.4. The molecule has 2 heterocycles. The van der Waals surface area contributed by atoms with Gasteiger partial charge in [-0.05, 0) is 42.3 Å². The van der Waals surface area contributed by atoms with Crippen molar-refractivity contribution in [2.45, 2.75) is 50.7 Å². The Kier molecular flexibility index (Phi) is 6.88. The maximum atomic E-state index is 14.5. The minimum Gasteiger partial charge on any atom is -0.381 e. The summed E-state index contributed by atoms with van der Waals surface area (Å²) in [6, 6.07) is 11.9. The lowest BCUT2D eigenvalue weighted by Gasteiger charge is -2.31. The number of likely N-dealkylation sites (tertiary alicyclic amines) is 1. The highest BCUT2D eigenvalue weighted by Crippen LogP contribution is 2.28. The first-order chi connectivity index (χ1) is 15.8. The van der Waals surface area contributed by atoms with Crippen molar-refractivity contribution in [3.63, 3.8) is 0 Å². The fourth-order valence-electron chi connectivity index (χ4n) is 4.03. The summed E-state index contributed by atoms with van der Waals surface area (Å²) >= 11 is 0. The molecule has 0 bridgehead atoms. The number of alkyl halides is 2. The van der Waals surface area contributed by atoms with Crippen molar-refractivity contribution in [1.29, 1.82) is 0 Å². The molecule has 6 nitrogen and oxygen atoms in total. The molecule has 2 saturated heterocycles. The molecule has 0 aliphatic carbocycles. The minimum absolute atomic E-state index is 0.182. The van der Waals surface area contributed by atoms with Crippen LogP contribution in [0.15, 0.2) is 42.5 Å². The Balaban J connectivity index is 1.27. The van der Waals surface area contributed by atoms with E-state index in [4.69, 9.17) is 0 Å². The van der Waals surface area contributed by atoms with Crippen molar-refractivity contribution in [2.75, 3.05) is 23.7 Å². The standard InChI is InChI=1S/C24H27F3N4O2/c25-20-13-16(1-2-17(20)15-31-11-9-24(26,27)10-12-31)14-28-18-3-5-19(6-4-18)29-21-7-8-22(32)30-23(21)33/h1-6,13,21,28-29H,7-12,14-15H2,(H,30,32,33). The molecule has 9 heteroatoms. The van der Waals surface area contributed by atoms with Gasteiger partial charge >= 0.3 is 0 Å². The Labute approximate surface area is 190 Å². The first kappa shape index (κ1) is 23.1. The number of hydrogen-bond acceptors (Lipinski definition) is 5. The molecule has 176 valence electrons. The van der Waals surface area contributed by atoms with Gasteiger partial charge in [0.15, 0.2) is 0 Å². The maximum absolute atomic E-state index is 14.5. The maximum Gasteiger partial charge on any atom is 0.250 e.